The van der Waals surface area contributed by atoms with Crippen LogP contribution in [0.5, 0.6) is 0 Å². The van der Waals surface area contributed by atoms with Gasteiger partial charge >= 0.3 is 0 Å². The largest absolute Gasteiger partial charge is 0.439 e. The second-order valence-corrected chi connectivity index (χ2v) is 36.4. The van der Waals surface area contributed by atoms with Gasteiger partial charge in [-0.2, -0.15) is 0 Å². The van der Waals surface area contributed by atoms with Gasteiger partial charge in [-0.15, -0.1) is 11.3 Å². The molecule has 5 aliphatic carbocycles. The van der Waals surface area contributed by atoms with Crippen LogP contribution < -0.4 is 0 Å². The van der Waals surface area contributed by atoms with Gasteiger partial charge < -0.3 is 8.83 Å². The summed E-state index contributed by atoms with van der Waals surface area (Å²) in [6, 6.07) is 143. The molecule has 126 heavy (non-hydrogen) atoms. The average molecular weight is 1620 g/mol. The zero-order chi connectivity index (χ0) is 82.3. The molecular formula is C119H70N4O2S. The second-order valence-electron chi connectivity index (χ2n) is 35.4. The molecule has 0 aliphatic heterocycles. The summed E-state index contributed by atoms with van der Waals surface area (Å²) in [5, 5.41) is 16.8. The first kappa shape index (κ1) is 68.8. The van der Waals surface area contributed by atoms with Crippen LogP contribution in [0, 0.1) is 0 Å². The number of hydrogen-bond donors (Lipinski definition) is 0. The fraction of sp³-hybridized carbons (Fsp3) is 0.0420. The predicted molar refractivity (Wildman–Crippen MR) is 521 cm³/mol. The fourth-order valence-electron chi connectivity index (χ4n) is 24.4. The van der Waals surface area contributed by atoms with Gasteiger partial charge in [0.05, 0.1) is 55.1 Å². The Morgan fingerprint density at radius 1 is 0.262 bits per heavy atom. The van der Waals surface area contributed by atoms with Crippen molar-refractivity contribution >= 4 is 141 Å². The third kappa shape index (κ3) is 8.60. The SMILES string of the molecule is CC1(C)c2ccccc2-c2ccc3c(c21)c1c2ccccc2oc1n3-c1cccc(-c2nc3ccccc3c3c4c(ccc23)C2(c3ccccc3-c3ccccc32)c2ccccc2-4)c1.c1cc(-c2nc3ccccc3c3c4c(ccc23)C2(c3ccccc3-c3ccccc32)c2ccccc2-4)cc(-n2c3ccc4c5ccccc5sc4c3c3c4ccccc4oc32)c1. The molecule has 0 fully saturated rings. The number of aromatic nitrogens is 4. The Bertz CT molecular complexity index is 9160. The summed E-state index contributed by atoms with van der Waals surface area (Å²) in [6.45, 7) is 4.75. The Morgan fingerprint density at radius 2 is 0.635 bits per heavy atom. The van der Waals surface area contributed by atoms with Crippen LogP contribution in [0.25, 0.3) is 219 Å². The summed E-state index contributed by atoms with van der Waals surface area (Å²) in [4.78, 5) is 11.1. The number of para-hydroxylation sites is 4. The molecule has 6 nitrogen and oxygen atoms in total. The number of benzene rings is 18. The van der Waals surface area contributed by atoms with Gasteiger partial charge in [-0.1, -0.05) is 335 Å². The summed E-state index contributed by atoms with van der Waals surface area (Å²) in [5.41, 5.74) is 39.3. The van der Waals surface area contributed by atoms with E-state index < -0.39 is 10.8 Å². The molecule has 0 bridgehead atoms. The van der Waals surface area contributed by atoms with E-state index in [1.165, 1.54) is 169 Å². The maximum absolute atomic E-state index is 6.93. The van der Waals surface area contributed by atoms with Crippen molar-refractivity contribution in [3.63, 3.8) is 0 Å². The molecule has 0 saturated heterocycles. The molecule has 7 heteroatoms. The molecule has 0 amide bonds. The summed E-state index contributed by atoms with van der Waals surface area (Å²) >= 11 is 1.87. The fourth-order valence-corrected chi connectivity index (χ4v) is 25.6. The van der Waals surface area contributed by atoms with Crippen molar-refractivity contribution in [3.05, 3.63) is 444 Å². The van der Waals surface area contributed by atoms with Gasteiger partial charge in [0.25, 0.3) is 0 Å². The van der Waals surface area contributed by atoms with Crippen molar-refractivity contribution in [2.24, 2.45) is 0 Å². The molecule has 0 saturated carbocycles. The van der Waals surface area contributed by atoms with Crippen LogP contribution in [0.3, 0.4) is 0 Å². The van der Waals surface area contributed by atoms with E-state index in [0.717, 1.165) is 105 Å². The van der Waals surface area contributed by atoms with Gasteiger partial charge in [0.15, 0.2) is 0 Å². The average Bonchev–Trinajstić information content (AvgIpc) is 1.50. The van der Waals surface area contributed by atoms with E-state index in [9.17, 15) is 0 Å². The lowest BCUT2D eigenvalue weighted by Crippen LogP contribution is -2.25. The molecule has 18 aromatic carbocycles. The molecule has 7 aromatic heterocycles. The number of rotatable bonds is 4. The summed E-state index contributed by atoms with van der Waals surface area (Å²) in [7, 11) is 0. The van der Waals surface area contributed by atoms with E-state index in [4.69, 9.17) is 18.8 Å². The molecule has 0 atom stereocenters. The van der Waals surface area contributed by atoms with Crippen molar-refractivity contribution in [1.29, 1.82) is 0 Å². The zero-order valence-electron chi connectivity index (χ0n) is 68.5. The minimum absolute atomic E-state index is 0.196. The topological polar surface area (TPSA) is 61.9 Å². The lowest BCUT2D eigenvalue weighted by atomic mass is 9.70. The third-order valence-corrected chi connectivity index (χ3v) is 30.4. The predicted octanol–water partition coefficient (Wildman–Crippen LogP) is 31.2. The van der Waals surface area contributed by atoms with Crippen LogP contribution in [0.1, 0.15) is 69.5 Å². The number of nitrogens with zero attached hydrogens (tertiary/aromatic N) is 4. The monoisotopic (exact) mass is 1620 g/mol. The normalized spacial score (nSPS) is 14.1. The highest BCUT2D eigenvalue weighted by atomic mass is 32.1. The standard InChI is InChI=1S/C61H38N2O.C58H32N2OS/c1-60(2)45-24-9-3-20-39(45)40-31-33-51-56(57(40)60)55-43-23-8-14-29-52(43)64-59(55)63(51)36-17-15-16-35(34-36)58-44-30-32-49-54(53(44)42-22-7-13-28-50(42)62-58)41-21-6-12-27-48(41)61(49)46-25-10-4-18-37(46)38-19-5-11-26-47(38)61;1-7-22-43-35(16-1)36-17-2-8-23-44(36)58(43)45-24-9-3-19-39(45)52-46(58)30-28-42-51(52)40-20-4-10-25-47(40)59-55(42)33-14-13-15-34(32-33)60-48-31-29-38-37-18-6-12-27-50(37)62-56(38)54(48)53-41-21-5-11-26-49(41)61-57(53)60/h3-34H,1-2H3;1-32H. The van der Waals surface area contributed by atoms with E-state index in [1.54, 1.807) is 0 Å². The van der Waals surface area contributed by atoms with E-state index in [2.05, 4.69) is 411 Å². The van der Waals surface area contributed by atoms with Crippen molar-refractivity contribution in [1.82, 2.24) is 19.1 Å². The van der Waals surface area contributed by atoms with Crippen molar-refractivity contribution in [2.45, 2.75) is 30.1 Å². The second kappa shape index (κ2) is 24.8. The van der Waals surface area contributed by atoms with Crippen LogP contribution in [-0.2, 0) is 16.2 Å². The summed E-state index contributed by atoms with van der Waals surface area (Å²) in [5.74, 6) is 0. The Kier molecular flexibility index (Phi) is 13.5. The number of thiophene rings is 1. The van der Waals surface area contributed by atoms with Crippen LogP contribution in [0.4, 0.5) is 0 Å². The van der Waals surface area contributed by atoms with Gasteiger partial charge in [0.1, 0.15) is 11.2 Å². The van der Waals surface area contributed by atoms with E-state index in [0.29, 0.717) is 0 Å². The highest BCUT2D eigenvalue weighted by Crippen LogP contribution is 2.67. The summed E-state index contributed by atoms with van der Waals surface area (Å²) < 4.78 is 21.0. The minimum Gasteiger partial charge on any atom is -0.439 e. The van der Waals surface area contributed by atoms with E-state index in [1.807, 2.05) is 11.3 Å². The van der Waals surface area contributed by atoms with Crippen LogP contribution >= 0.6 is 11.3 Å². The molecule has 30 rings (SSSR count). The van der Waals surface area contributed by atoms with Gasteiger partial charge in [-0.05, 0) is 178 Å². The molecule has 5 aliphatic rings. The zero-order valence-corrected chi connectivity index (χ0v) is 69.3. The first-order valence-electron chi connectivity index (χ1n) is 43.7. The van der Waals surface area contributed by atoms with E-state index in [-0.39, 0.29) is 5.41 Å². The molecular weight excluding hydrogens is 1550 g/mol. The molecule has 584 valence electrons. The van der Waals surface area contributed by atoms with Crippen molar-refractivity contribution in [3.8, 4) is 89.5 Å². The van der Waals surface area contributed by atoms with E-state index >= 15 is 0 Å². The molecule has 0 N–H and O–H groups in total. The lowest BCUT2D eigenvalue weighted by Gasteiger charge is -2.30. The van der Waals surface area contributed by atoms with Crippen LogP contribution in [-0.4, -0.2) is 19.1 Å². The Balaban J connectivity index is 0.000000126. The Morgan fingerprint density at radius 3 is 1.13 bits per heavy atom. The quantitative estimate of drug-likeness (QED) is 0.165. The molecule has 2 spiro atoms. The third-order valence-electron chi connectivity index (χ3n) is 29.2. The smallest absolute Gasteiger partial charge is 0.213 e. The summed E-state index contributed by atoms with van der Waals surface area (Å²) in [6.07, 6.45) is 0. The maximum Gasteiger partial charge on any atom is 0.213 e. The first-order valence-corrected chi connectivity index (χ1v) is 44.5. The molecule has 7 heterocycles. The van der Waals surface area contributed by atoms with Gasteiger partial charge in [-0.3, -0.25) is 9.13 Å². The molecule has 0 radical (unpaired) electrons. The number of fused-ring (bicyclic) bond motifs is 46. The highest BCUT2D eigenvalue weighted by Gasteiger charge is 2.54. The number of hydrogen-bond acceptors (Lipinski definition) is 5. The maximum atomic E-state index is 6.93. The number of pyridine rings is 2. The Hall–Kier alpha value is -15.8. The molecule has 25 aromatic rings. The van der Waals surface area contributed by atoms with Crippen molar-refractivity contribution < 1.29 is 8.83 Å². The van der Waals surface area contributed by atoms with Gasteiger partial charge in [0, 0.05) is 102 Å². The van der Waals surface area contributed by atoms with Crippen LogP contribution in [0.15, 0.2) is 397 Å². The first-order chi connectivity index (χ1) is 62.3. The Labute approximate surface area is 727 Å². The number of furan rings is 2. The highest BCUT2D eigenvalue weighted by molar-refractivity contribution is 7.26. The molecule has 0 unspecified atom stereocenters. The van der Waals surface area contributed by atoms with Crippen molar-refractivity contribution in [2.75, 3.05) is 0 Å². The van der Waals surface area contributed by atoms with Gasteiger partial charge in [0.2, 0.25) is 11.4 Å². The lowest BCUT2D eigenvalue weighted by molar-refractivity contribution is 0.645. The van der Waals surface area contributed by atoms with Gasteiger partial charge in [-0.25, -0.2) is 9.97 Å². The van der Waals surface area contributed by atoms with Crippen LogP contribution in [0.2, 0.25) is 0 Å². The minimum atomic E-state index is -0.429.